The molecule has 1 aliphatic heterocycles. The summed E-state index contributed by atoms with van der Waals surface area (Å²) in [6.45, 7) is 12.8. The number of Topliss-reactive ketones (excluding diaryl/α,β-unsaturated/α-hetero) is 1. The molecule has 1 saturated heterocycles. The molecule has 2 heterocycles. The summed E-state index contributed by atoms with van der Waals surface area (Å²) in [6, 6.07) is -0.332. The minimum Gasteiger partial charge on any atom is -0.393 e. The molecule has 4 unspecified atom stereocenters. The Kier molecular flexibility index (Phi) is 10.6. The van der Waals surface area contributed by atoms with Crippen molar-refractivity contribution < 1.29 is 25.2 Å². The van der Waals surface area contributed by atoms with E-state index in [2.05, 4.69) is 16.9 Å². The first-order valence-corrected chi connectivity index (χ1v) is 13.0. The number of rotatable bonds is 2. The summed E-state index contributed by atoms with van der Waals surface area (Å²) >= 11 is 1.56. The van der Waals surface area contributed by atoms with Gasteiger partial charge in [-0.3, -0.25) is 10.1 Å². The number of hydrogen-bond donors (Lipinski definition) is 5. The first-order chi connectivity index (χ1) is 15.8. The van der Waals surface area contributed by atoms with Crippen molar-refractivity contribution in [3.63, 3.8) is 0 Å². The number of aromatic nitrogens is 1. The SMILES string of the molecule is C=C1C(=O)C(C)(C)C(O)CC(O)NC(/C(C)=C/c2csc(C)n2)C[C@H](O)CCCCC(C)[C@@H]1O. The normalized spacial score (nSPS) is 33.1. The van der Waals surface area contributed by atoms with Crippen molar-refractivity contribution in [3.05, 3.63) is 33.8 Å². The zero-order chi connectivity index (χ0) is 25.6. The van der Waals surface area contributed by atoms with Crippen LogP contribution in [0.4, 0.5) is 0 Å². The lowest BCUT2D eigenvalue weighted by Crippen LogP contribution is -2.47. The van der Waals surface area contributed by atoms with E-state index < -0.39 is 35.7 Å². The number of hydrogen-bond acceptors (Lipinski definition) is 8. The maximum Gasteiger partial charge on any atom is 0.169 e. The largest absolute Gasteiger partial charge is 0.393 e. The average molecular weight is 495 g/mol. The number of aliphatic hydroxyl groups is 4. The zero-order valence-electron chi connectivity index (χ0n) is 21.1. The molecule has 1 aliphatic rings. The van der Waals surface area contributed by atoms with E-state index in [4.69, 9.17) is 0 Å². The van der Waals surface area contributed by atoms with Crippen molar-refractivity contribution in [3.8, 4) is 0 Å². The fourth-order valence-electron chi connectivity index (χ4n) is 4.41. The maximum absolute atomic E-state index is 13.1. The van der Waals surface area contributed by atoms with Crippen LogP contribution < -0.4 is 5.32 Å². The molecule has 0 radical (unpaired) electrons. The van der Waals surface area contributed by atoms with Crippen molar-refractivity contribution in [2.45, 2.75) is 104 Å². The molecule has 0 bridgehead atoms. The molecule has 0 amide bonds. The van der Waals surface area contributed by atoms with Gasteiger partial charge >= 0.3 is 0 Å². The summed E-state index contributed by atoms with van der Waals surface area (Å²) in [5.41, 5.74) is 0.603. The molecule has 1 aromatic rings. The van der Waals surface area contributed by atoms with Gasteiger partial charge in [-0.2, -0.15) is 0 Å². The van der Waals surface area contributed by atoms with Gasteiger partial charge in [-0.25, -0.2) is 4.98 Å². The molecule has 2 rings (SSSR count). The van der Waals surface area contributed by atoms with Gasteiger partial charge in [0.1, 0.15) is 6.23 Å². The lowest BCUT2D eigenvalue weighted by molar-refractivity contribution is -0.131. The first-order valence-electron chi connectivity index (χ1n) is 12.1. The standard InChI is InChI=1S/C26H42N2O5S/c1-15-9-7-8-10-20(29)12-21(16(2)11-19-14-34-18(4)27-19)28-23(31)13-22(30)26(5,6)25(33)17(3)24(15)32/h11,14-15,20-24,28-32H,3,7-10,12-13H2,1-2,4-6H3/b16-11+/t15?,20-,21?,22?,23?,24+/m1/s1. The van der Waals surface area contributed by atoms with Gasteiger partial charge in [0.25, 0.3) is 0 Å². The van der Waals surface area contributed by atoms with Crippen molar-refractivity contribution in [2.75, 3.05) is 0 Å². The molecule has 192 valence electrons. The monoisotopic (exact) mass is 494 g/mol. The molecule has 0 saturated carbocycles. The number of aliphatic hydroxyl groups excluding tert-OH is 4. The van der Waals surface area contributed by atoms with Crippen LogP contribution >= 0.6 is 11.3 Å². The van der Waals surface area contributed by atoms with Gasteiger partial charge in [-0.05, 0) is 45.1 Å². The molecule has 6 atom stereocenters. The minimum absolute atomic E-state index is 0.0846. The molecule has 7 nitrogen and oxygen atoms in total. The number of carbonyl (C=O) groups is 1. The van der Waals surface area contributed by atoms with Crippen LogP contribution in [0.5, 0.6) is 0 Å². The third-order valence-electron chi connectivity index (χ3n) is 6.96. The van der Waals surface area contributed by atoms with E-state index in [0.717, 1.165) is 29.1 Å². The van der Waals surface area contributed by atoms with Gasteiger partial charge in [0.05, 0.1) is 34.4 Å². The van der Waals surface area contributed by atoms with Gasteiger partial charge in [0.15, 0.2) is 5.78 Å². The summed E-state index contributed by atoms with van der Waals surface area (Å²) in [5.74, 6) is -0.568. The molecule has 1 fully saturated rings. The van der Waals surface area contributed by atoms with Gasteiger partial charge in [-0.1, -0.05) is 45.8 Å². The van der Waals surface area contributed by atoms with Crippen LogP contribution in [0.3, 0.4) is 0 Å². The predicted octanol–water partition coefficient (Wildman–Crippen LogP) is 3.36. The Morgan fingerprint density at radius 1 is 1.21 bits per heavy atom. The summed E-state index contributed by atoms with van der Waals surface area (Å²) in [7, 11) is 0. The number of thiazole rings is 1. The Hall–Kier alpha value is -1.42. The van der Waals surface area contributed by atoms with Gasteiger partial charge < -0.3 is 20.4 Å². The van der Waals surface area contributed by atoms with Crippen LogP contribution in [0.25, 0.3) is 6.08 Å². The highest BCUT2D eigenvalue weighted by molar-refractivity contribution is 7.09. The summed E-state index contributed by atoms with van der Waals surface area (Å²) in [5, 5.41) is 49.0. The van der Waals surface area contributed by atoms with E-state index in [9.17, 15) is 25.2 Å². The molecule has 0 aliphatic carbocycles. The quantitative estimate of drug-likeness (QED) is 0.400. The molecular weight excluding hydrogens is 452 g/mol. The van der Waals surface area contributed by atoms with Crippen molar-refractivity contribution in [2.24, 2.45) is 11.3 Å². The van der Waals surface area contributed by atoms with Crippen LogP contribution in [0, 0.1) is 18.3 Å². The minimum atomic E-state index is -1.23. The van der Waals surface area contributed by atoms with Crippen molar-refractivity contribution >= 4 is 23.2 Å². The van der Waals surface area contributed by atoms with Crippen LogP contribution in [-0.2, 0) is 4.79 Å². The number of carbonyl (C=O) groups excluding carboxylic acids is 1. The lowest BCUT2D eigenvalue weighted by Gasteiger charge is -2.34. The second-order valence-corrected chi connectivity index (χ2v) is 11.4. The number of aryl methyl sites for hydroxylation is 1. The maximum atomic E-state index is 13.1. The second kappa shape index (κ2) is 12.5. The Bertz CT molecular complexity index is 865. The van der Waals surface area contributed by atoms with Crippen molar-refractivity contribution in [1.82, 2.24) is 10.3 Å². The Labute approximate surface area is 207 Å². The zero-order valence-corrected chi connectivity index (χ0v) is 21.9. The van der Waals surface area contributed by atoms with Crippen molar-refractivity contribution in [1.29, 1.82) is 0 Å². The lowest BCUT2D eigenvalue weighted by atomic mass is 9.75. The van der Waals surface area contributed by atoms with E-state index in [0.29, 0.717) is 19.3 Å². The fraction of sp³-hybridized carbons (Fsp3) is 0.692. The van der Waals surface area contributed by atoms with Gasteiger partial charge in [0, 0.05) is 23.4 Å². The number of ketones is 1. The smallest absolute Gasteiger partial charge is 0.169 e. The Morgan fingerprint density at radius 2 is 1.85 bits per heavy atom. The molecule has 34 heavy (non-hydrogen) atoms. The van der Waals surface area contributed by atoms with E-state index in [1.54, 1.807) is 25.2 Å². The summed E-state index contributed by atoms with van der Waals surface area (Å²) in [4.78, 5) is 17.6. The topological polar surface area (TPSA) is 123 Å². The Balaban J connectivity index is 2.28. The molecule has 1 aromatic heterocycles. The third kappa shape index (κ3) is 7.80. The van der Waals surface area contributed by atoms with Crippen LogP contribution in [0.2, 0.25) is 0 Å². The van der Waals surface area contributed by atoms with Gasteiger partial charge in [-0.15, -0.1) is 11.3 Å². The first kappa shape index (κ1) is 28.8. The van der Waals surface area contributed by atoms with E-state index in [1.807, 2.05) is 32.2 Å². The fourth-order valence-corrected chi connectivity index (χ4v) is 4.98. The third-order valence-corrected chi connectivity index (χ3v) is 7.75. The molecular formula is C26H42N2O5S. The van der Waals surface area contributed by atoms with Crippen LogP contribution in [-0.4, -0.2) is 61.8 Å². The van der Waals surface area contributed by atoms with Crippen LogP contribution in [0.15, 0.2) is 23.1 Å². The van der Waals surface area contributed by atoms with E-state index in [1.165, 1.54) is 0 Å². The number of nitrogens with zero attached hydrogens (tertiary/aromatic N) is 1. The van der Waals surface area contributed by atoms with Gasteiger partial charge in [0.2, 0.25) is 0 Å². The van der Waals surface area contributed by atoms with E-state index in [-0.39, 0.29) is 24.0 Å². The molecule has 0 aromatic carbocycles. The summed E-state index contributed by atoms with van der Waals surface area (Å²) < 4.78 is 0. The molecule has 8 heteroatoms. The summed E-state index contributed by atoms with van der Waals surface area (Å²) in [6.07, 6.45) is 1.29. The van der Waals surface area contributed by atoms with E-state index >= 15 is 0 Å². The molecule has 0 spiro atoms. The highest BCUT2D eigenvalue weighted by Gasteiger charge is 2.40. The predicted molar refractivity (Wildman–Crippen MR) is 136 cm³/mol. The highest BCUT2D eigenvalue weighted by atomic mass is 32.1. The molecule has 5 N–H and O–H groups in total. The number of nitrogens with one attached hydrogen (secondary N) is 1. The van der Waals surface area contributed by atoms with Crippen LogP contribution in [0.1, 0.15) is 76.9 Å². The highest BCUT2D eigenvalue weighted by Crippen LogP contribution is 2.31. The second-order valence-electron chi connectivity index (χ2n) is 10.3. The average Bonchev–Trinajstić information content (AvgIpc) is 3.17. The Morgan fingerprint density at radius 3 is 2.47 bits per heavy atom.